The number of aromatic nitrogens is 2. The lowest BCUT2D eigenvalue weighted by molar-refractivity contribution is 0.0685. The van der Waals surface area contributed by atoms with Gasteiger partial charge >= 0.3 is 11.7 Å². The number of carbonyl (C=O) groups is 1. The quantitative estimate of drug-likeness (QED) is 0.562. The molecule has 3 aliphatic heterocycles. The molecule has 10 nitrogen and oxygen atoms in total. The summed E-state index contributed by atoms with van der Waals surface area (Å²) in [6.45, 7) is 0.247. The van der Waals surface area contributed by atoms with Crippen LogP contribution in [0.5, 0.6) is 5.75 Å². The Hall–Kier alpha value is -3.60. The molecule has 3 aliphatic rings. The second-order valence-electron chi connectivity index (χ2n) is 8.29. The Labute approximate surface area is 197 Å². The molecule has 1 saturated heterocycles. The van der Waals surface area contributed by atoms with Crippen LogP contribution in [0.15, 0.2) is 52.2 Å². The van der Waals surface area contributed by atoms with Gasteiger partial charge in [0.05, 0.1) is 30.6 Å². The Morgan fingerprint density at radius 2 is 2.03 bits per heavy atom. The molecule has 3 atom stereocenters. The van der Waals surface area contributed by atoms with Crippen molar-refractivity contribution in [2.24, 2.45) is 0 Å². The standard InChI is InChI=1S/C23H18ClN3O7/c1-25-16-6-5-11(7-18(16)33-22-20(25)34-22)26-8-13(21(29)30)19(28)27(23(26)31)17-10-32-9-14-12(17)3-2-4-15(14)24/h2-8,17,20,22H,9-10H2,1H3,(H,29,30). The van der Waals surface area contributed by atoms with Gasteiger partial charge in [-0.3, -0.25) is 9.36 Å². The number of carboxylic acid groups (broad SMARTS) is 1. The number of rotatable bonds is 3. The van der Waals surface area contributed by atoms with E-state index >= 15 is 0 Å². The number of likely N-dealkylation sites (N-methyl/N-ethyl adjacent to an activating group) is 1. The van der Waals surface area contributed by atoms with Crippen LogP contribution in [-0.2, 0) is 16.1 Å². The molecule has 0 spiro atoms. The maximum Gasteiger partial charge on any atom is 0.342 e. The molecule has 1 aromatic heterocycles. The number of epoxide rings is 1. The van der Waals surface area contributed by atoms with Crippen LogP contribution in [0.1, 0.15) is 27.5 Å². The first-order valence-electron chi connectivity index (χ1n) is 10.5. The molecule has 3 unspecified atom stereocenters. The molecule has 11 heteroatoms. The first-order chi connectivity index (χ1) is 16.3. The number of benzene rings is 2. The molecule has 4 heterocycles. The number of hydrogen-bond donors (Lipinski definition) is 1. The molecule has 2 aromatic carbocycles. The monoisotopic (exact) mass is 483 g/mol. The zero-order valence-corrected chi connectivity index (χ0v) is 18.6. The molecule has 0 amide bonds. The molecule has 0 aliphatic carbocycles. The number of hydrogen-bond acceptors (Lipinski definition) is 7. The van der Waals surface area contributed by atoms with E-state index in [1.165, 1.54) is 0 Å². The first kappa shape index (κ1) is 21.0. The molecule has 174 valence electrons. The summed E-state index contributed by atoms with van der Waals surface area (Å²) >= 11 is 6.30. The van der Waals surface area contributed by atoms with Crippen molar-refractivity contribution in [2.45, 2.75) is 25.2 Å². The molecular weight excluding hydrogens is 466 g/mol. The molecule has 0 bridgehead atoms. The first-order valence-corrected chi connectivity index (χ1v) is 10.9. The Bertz CT molecular complexity index is 1480. The van der Waals surface area contributed by atoms with Crippen LogP contribution in [0.3, 0.4) is 0 Å². The highest BCUT2D eigenvalue weighted by atomic mass is 35.5. The summed E-state index contributed by atoms with van der Waals surface area (Å²) in [6.07, 6.45) is 0.491. The van der Waals surface area contributed by atoms with Gasteiger partial charge in [-0.15, -0.1) is 0 Å². The summed E-state index contributed by atoms with van der Waals surface area (Å²) in [7, 11) is 1.87. The number of nitrogens with zero attached hydrogens (tertiary/aromatic N) is 3. The second-order valence-corrected chi connectivity index (χ2v) is 8.70. The van der Waals surface area contributed by atoms with E-state index in [0.29, 0.717) is 27.6 Å². The van der Waals surface area contributed by atoms with Crippen LogP contribution in [0.4, 0.5) is 5.69 Å². The molecule has 0 saturated carbocycles. The van der Waals surface area contributed by atoms with Crippen molar-refractivity contribution >= 4 is 23.3 Å². The highest BCUT2D eigenvalue weighted by Gasteiger charge is 2.49. The topological polar surface area (TPSA) is 116 Å². The Morgan fingerprint density at radius 1 is 1.21 bits per heavy atom. The van der Waals surface area contributed by atoms with Gasteiger partial charge in [-0.25, -0.2) is 14.2 Å². The van der Waals surface area contributed by atoms with E-state index in [0.717, 1.165) is 21.0 Å². The molecular formula is C23H18ClN3O7. The minimum atomic E-state index is -1.45. The van der Waals surface area contributed by atoms with Crippen LogP contribution in [0, 0.1) is 0 Å². The zero-order chi connectivity index (χ0) is 23.7. The largest absolute Gasteiger partial charge is 0.477 e. The Morgan fingerprint density at radius 3 is 2.82 bits per heavy atom. The third-order valence-electron chi connectivity index (χ3n) is 6.35. The average Bonchev–Trinajstić information content (AvgIpc) is 3.59. The zero-order valence-electron chi connectivity index (χ0n) is 17.8. The van der Waals surface area contributed by atoms with Crippen LogP contribution in [0.25, 0.3) is 5.69 Å². The SMILES string of the molecule is CN1c2ccc(-n3cc(C(=O)O)c(=O)n(C4COCc5c(Cl)cccc54)c3=O)cc2OC2OC21. The third kappa shape index (κ3) is 3.07. The van der Waals surface area contributed by atoms with Crippen LogP contribution >= 0.6 is 11.6 Å². The fourth-order valence-corrected chi connectivity index (χ4v) is 4.78. The van der Waals surface area contributed by atoms with Crippen LogP contribution < -0.4 is 20.9 Å². The number of fused-ring (bicyclic) bond motifs is 3. The molecule has 0 radical (unpaired) electrons. The Kier molecular flexibility index (Phi) is 4.60. The van der Waals surface area contributed by atoms with Gasteiger partial charge in [0.15, 0.2) is 6.23 Å². The second kappa shape index (κ2) is 7.45. The van der Waals surface area contributed by atoms with Crippen LogP contribution in [-0.4, -0.2) is 46.4 Å². The van der Waals surface area contributed by atoms with E-state index < -0.39 is 35.1 Å². The van der Waals surface area contributed by atoms with E-state index in [1.54, 1.807) is 36.4 Å². The Balaban J connectivity index is 1.55. The summed E-state index contributed by atoms with van der Waals surface area (Å²) in [4.78, 5) is 40.7. The van der Waals surface area contributed by atoms with E-state index in [4.69, 9.17) is 25.8 Å². The summed E-state index contributed by atoms with van der Waals surface area (Å²) in [6, 6.07) is 9.36. The number of ether oxygens (including phenoxy) is 3. The van der Waals surface area contributed by atoms with E-state index in [-0.39, 0.29) is 19.4 Å². The number of aromatic carboxylic acids is 1. The van der Waals surface area contributed by atoms with Crippen LogP contribution in [0.2, 0.25) is 5.02 Å². The molecule has 1 fully saturated rings. The minimum Gasteiger partial charge on any atom is -0.477 e. The number of carboxylic acids is 1. The average molecular weight is 484 g/mol. The van der Waals surface area contributed by atoms with Crippen molar-refractivity contribution in [3.8, 4) is 11.4 Å². The van der Waals surface area contributed by atoms with Gasteiger partial charge in [0.1, 0.15) is 11.3 Å². The maximum atomic E-state index is 13.6. The normalized spacial score (nSPS) is 22.3. The van der Waals surface area contributed by atoms with Gasteiger partial charge in [-0.05, 0) is 23.8 Å². The summed E-state index contributed by atoms with van der Waals surface area (Å²) in [5.74, 6) is -0.961. The van der Waals surface area contributed by atoms with Crippen molar-refractivity contribution in [3.63, 3.8) is 0 Å². The fraction of sp³-hybridized carbons (Fsp3) is 0.261. The highest BCUT2D eigenvalue weighted by Crippen LogP contribution is 2.43. The number of halogens is 1. The van der Waals surface area contributed by atoms with Crippen molar-refractivity contribution in [2.75, 3.05) is 18.6 Å². The van der Waals surface area contributed by atoms with Gasteiger partial charge in [0, 0.05) is 29.9 Å². The van der Waals surface area contributed by atoms with Gasteiger partial charge in [-0.1, -0.05) is 23.7 Å². The van der Waals surface area contributed by atoms with E-state index in [2.05, 4.69) is 0 Å². The van der Waals surface area contributed by atoms with Gasteiger partial charge in [0.25, 0.3) is 5.56 Å². The lowest BCUT2D eigenvalue weighted by Crippen LogP contribution is -2.46. The lowest BCUT2D eigenvalue weighted by Gasteiger charge is -2.28. The minimum absolute atomic E-state index is 0.0179. The summed E-state index contributed by atoms with van der Waals surface area (Å²) in [5.41, 5.74) is 0.235. The highest BCUT2D eigenvalue weighted by molar-refractivity contribution is 6.31. The fourth-order valence-electron chi connectivity index (χ4n) is 4.55. The molecule has 3 aromatic rings. The predicted octanol–water partition coefficient (Wildman–Crippen LogP) is 1.98. The van der Waals surface area contributed by atoms with Gasteiger partial charge < -0.3 is 24.2 Å². The van der Waals surface area contributed by atoms with Crippen molar-refractivity contribution < 1.29 is 24.1 Å². The molecule has 6 rings (SSSR count). The molecule has 1 N–H and O–H groups in total. The van der Waals surface area contributed by atoms with E-state index in [1.807, 2.05) is 11.9 Å². The van der Waals surface area contributed by atoms with Crippen molar-refractivity contribution in [1.82, 2.24) is 9.13 Å². The number of anilines is 1. The van der Waals surface area contributed by atoms with E-state index in [9.17, 15) is 19.5 Å². The van der Waals surface area contributed by atoms with Gasteiger partial charge in [-0.2, -0.15) is 0 Å². The summed E-state index contributed by atoms with van der Waals surface area (Å²) < 4.78 is 18.9. The lowest BCUT2D eigenvalue weighted by atomic mass is 9.98. The maximum absolute atomic E-state index is 13.6. The van der Waals surface area contributed by atoms with Crippen molar-refractivity contribution in [3.05, 3.63) is 85.1 Å². The molecule has 34 heavy (non-hydrogen) atoms. The van der Waals surface area contributed by atoms with Crippen molar-refractivity contribution in [1.29, 1.82) is 0 Å². The van der Waals surface area contributed by atoms with Gasteiger partial charge in [0.2, 0.25) is 6.29 Å². The predicted molar refractivity (Wildman–Crippen MR) is 120 cm³/mol. The third-order valence-corrected chi connectivity index (χ3v) is 6.71. The smallest absolute Gasteiger partial charge is 0.342 e. The summed E-state index contributed by atoms with van der Waals surface area (Å²) in [5, 5.41) is 10.2.